The number of carbonyl (C=O) groups excluding carboxylic acids is 4. The number of amides is 4. The van der Waals surface area contributed by atoms with Crippen LogP contribution in [0.25, 0.3) is 0 Å². The summed E-state index contributed by atoms with van der Waals surface area (Å²) in [5, 5.41) is 16.4. The molecule has 258 valence electrons. The van der Waals surface area contributed by atoms with E-state index < -0.39 is 41.5 Å². The summed E-state index contributed by atoms with van der Waals surface area (Å²) in [4.78, 5) is 57.9. The van der Waals surface area contributed by atoms with Crippen LogP contribution in [-0.2, 0) is 16.1 Å². The van der Waals surface area contributed by atoms with Crippen molar-refractivity contribution in [3.63, 3.8) is 0 Å². The normalized spacial score (nSPS) is 18.0. The van der Waals surface area contributed by atoms with Gasteiger partial charge in [0.05, 0.1) is 11.9 Å². The first-order valence-electron chi connectivity index (χ1n) is 16.6. The van der Waals surface area contributed by atoms with E-state index in [0.29, 0.717) is 44.0 Å². The fraction of sp³-hybridized carbons (Fsp3) is 0.545. The van der Waals surface area contributed by atoms with Gasteiger partial charge in [0.1, 0.15) is 28.5 Å². The van der Waals surface area contributed by atoms with Crippen LogP contribution in [0.4, 0.5) is 10.1 Å². The molecule has 3 N–H and O–H groups in total. The summed E-state index contributed by atoms with van der Waals surface area (Å²) < 4.78 is 21.1. The minimum Gasteiger partial charge on any atom is -0.339 e. The van der Waals surface area contributed by atoms with Crippen LogP contribution in [0.1, 0.15) is 84.0 Å². The lowest BCUT2D eigenvalue weighted by Gasteiger charge is -2.36. The molecule has 15 heteroatoms. The number of halogens is 1. The number of anilines is 1. The first-order valence-corrected chi connectivity index (χ1v) is 17.4. The maximum Gasteiger partial charge on any atom is 0.270 e. The Balaban J connectivity index is 1.34. The largest absolute Gasteiger partial charge is 0.339 e. The van der Waals surface area contributed by atoms with Crippen LogP contribution >= 0.6 is 11.5 Å². The Morgan fingerprint density at radius 1 is 1.00 bits per heavy atom. The van der Waals surface area contributed by atoms with Crippen LogP contribution in [0.15, 0.2) is 36.7 Å². The lowest BCUT2D eigenvalue weighted by molar-refractivity contribution is -0.135. The van der Waals surface area contributed by atoms with E-state index in [0.717, 1.165) is 50.1 Å². The molecule has 2 aliphatic rings. The van der Waals surface area contributed by atoms with Gasteiger partial charge in [0, 0.05) is 44.8 Å². The molecule has 0 radical (unpaired) electrons. The molecule has 3 atom stereocenters. The van der Waals surface area contributed by atoms with Crippen LogP contribution < -0.4 is 16.0 Å². The Morgan fingerprint density at radius 3 is 2.38 bits per heavy atom. The lowest BCUT2D eigenvalue weighted by atomic mass is 9.90. The second-order valence-electron chi connectivity index (χ2n) is 12.6. The van der Waals surface area contributed by atoms with Gasteiger partial charge in [-0.05, 0) is 68.0 Å². The molecule has 4 amide bonds. The van der Waals surface area contributed by atoms with Gasteiger partial charge in [-0.3, -0.25) is 23.9 Å². The minimum absolute atomic E-state index is 0.0378. The second-order valence-corrected chi connectivity index (χ2v) is 13.4. The molecule has 3 heterocycles. The molecule has 1 aliphatic heterocycles. The Morgan fingerprint density at radius 2 is 1.73 bits per heavy atom. The third-order valence-corrected chi connectivity index (χ3v) is 10.1. The molecule has 1 aromatic carbocycles. The SMILES string of the molecule is CCn1nccc1C(=O)NC(C(=O)Nc1ccc(C(C)C(NC(=O)c2cnns2)C(=O)N2CCN(C)CC2)cc1F)C1CCCCCC1. The number of hydrogen-bond donors (Lipinski definition) is 3. The molecule has 1 aliphatic carbocycles. The molecule has 0 spiro atoms. The lowest BCUT2D eigenvalue weighted by Crippen LogP contribution is -2.55. The summed E-state index contributed by atoms with van der Waals surface area (Å²) in [5.74, 6) is -3.04. The molecule has 2 aromatic heterocycles. The highest BCUT2D eigenvalue weighted by Crippen LogP contribution is 2.29. The topological polar surface area (TPSA) is 154 Å². The molecule has 48 heavy (non-hydrogen) atoms. The molecule has 0 bridgehead atoms. The number of hydrogen-bond acceptors (Lipinski definition) is 9. The van der Waals surface area contributed by atoms with Gasteiger partial charge in [-0.1, -0.05) is 43.2 Å². The van der Waals surface area contributed by atoms with Crippen LogP contribution in [0.3, 0.4) is 0 Å². The van der Waals surface area contributed by atoms with Gasteiger partial charge in [0.2, 0.25) is 11.8 Å². The number of rotatable bonds is 11. The van der Waals surface area contributed by atoms with Crippen molar-refractivity contribution in [1.82, 2.24) is 39.8 Å². The molecule has 1 saturated heterocycles. The number of aryl methyl sites for hydroxylation is 1. The van der Waals surface area contributed by atoms with Crippen molar-refractivity contribution in [2.75, 3.05) is 38.5 Å². The first kappa shape index (κ1) is 35.1. The van der Waals surface area contributed by atoms with E-state index in [1.807, 2.05) is 14.0 Å². The molecule has 3 aromatic rings. The summed E-state index contributed by atoms with van der Waals surface area (Å²) in [6, 6.07) is 4.16. The minimum atomic E-state index is -0.978. The summed E-state index contributed by atoms with van der Waals surface area (Å²) >= 11 is 0.921. The average Bonchev–Trinajstić information content (AvgIpc) is 3.74. The van der Waals surface area contributed by atoms with Crippen LogP contribution in [0, 0.1) is 11.7 Å². The maximum atomic E-state index is 15.8. The molecular weight excluding hydrogens is 637 g/mol. The standard InChI is InChI=1S/C33H44FN9O4S/c1-4-43-26(13-14-36-43)30(44)39-29(22-9-7-5-6-8-10-22)32(46)37-25-12-11-23(19-24(25)34)21(2)28(38-31(45)27-20-35-40-48-27)33(47)42-17-15-41(3)16-18-42/h11-14,19-22,28-29H,4-10,15-18H2,1-3H3,(H,37,46)(H,38,45)(H,39,44). The average molecular weight is 682 g/mol. The molecule has 13 nitrogen and oxygen atoms in total. The number of aromatic nitrogens is 4. The van der Waals surface area contributed by atoms with Crippen molar-refractivity contribution >= 4 is 40.8 Å². The highest BCUT2D eigenvalue weighted by atomic mass is 32.1. The molecular formula is C33H44FN9O4S. The van der Waals surface area contributed by atoms with E-state index in [1.54, 1.807) is 34.8 Å². The Kier molecular flexibility index (Phi) is 11.9. The van der Waals surface area contributed by atoms with Gasteiger partial charge in [-0.25, -0.2) is 4.39 Å². The number of carbonyl (C=O) groups is 4. The predicted octanol–water partition coefficient (Wildman–Crippen LogP) is 3.28. The summed E-state index contributed by atoms with van der Waals surface area (Å²) in [5.41, 5.74) is 0.791. The van der Waals surface area contributed by atoms with Gasteiger partial charge >= 0.3 is 0 Å². The zero-order valence-corrected chi connectivity index (χ0v) is 28.5. The summed E-state index contributed by atoms with van der Waals surface area (Å²) in [6.45, 7) is 6.56. The highest BCUT2D eigenvalue weighted by molar-refractivity contribution is 7.07. The Bertz CT molecular complexity index is 1570. The van der Waals surface area contributed by atoms with Crippen molar-refractivity contribution in [2.24, 2.45) is 5.92 Å². The molecule has 1 saturated carbocycles. The quantitative estimate of drug-likeness (QED) is 0.261. The van der Waals surface area contributed by atoms with Gasteiger partial charge in [-0.2, -0.15) is 5.10 Å². The van der Waals surface area contributed by atoms with Crippen molar-refractivity contribution < 1.29 is 23.6 Å². The van der Waals surface area contributed by atoms with Crippen molar-refractivity contribution in [1.29, 1.82) is 0 Å². The number of likely N-dealkylation sites (N-methyl/N-ethyl adjacent to an activating group) is 1. The first-order chi connectivity index (χ1) is 23.2. The fourth-order valence-corrected chi connectivity index (χ4v) is 6.88. The Hall–Kier alpha value is -4.24. The van der Waals surface area contributed by atoms with E-state index >= 15 is 4.39 Å². The van der Waals surface area contributed by atoms with Gasteiger partial charge in [0.15, 0.2) is 0 Å². The van der Waals surface area contributed by atoms with Crippen molar-refractivity contribution in [3.8, 4) is 0 Å². The number of nitrogens with zero attached hydrogens (tertiary/aromatic N) is 6. The van der Waals surface area contributed by atoms with E-state index in [9.17, 15) is 19.2 Å². The maximum absolute atomic E-state index is 15.8. The van der Waals surface area contributed by atoms with Gasteiger partial charge < -0.3 is 25.8 Å². The second kappa shape index (κ2) is 16.2. The molecule has 3 unspecified atom stereocenters. The van der Waals surface area contributed by atoms with Crippen LogP contribution in [0.2, 0.25) is 0 Å². The Labute approximate surface area is 283 Å². The third kappa shape index (κ3) is 8.42. The van der Waals surface area contributed by atoms with Crippen LogP contribution in [0.5, 0.6) is 0 Å². The number of piperazine rings is 1. The zero-order chi connectivity index (χ0) is 34.2. The van der Waals surface area contributed by atoms with E-state index in [-0.39, 0.29) is 22.4 Å². The van der Waals surface area contributed by atoms with Crippen LogP contribution in [-0.4, -0.2) is 98.1 Å². The number of nitrogens with one attached hydrogen (secondary N) is 3. The van der Waals surface area contributed by atoms with Crippen molar-refractivity contribution in [3.05, 3.63) is 58.6 Å². The smallest absolute Gasteiger partial charge is 0.270 e. The van der Waals surface area contributed by atoms with E-state index in [1.165, 1.54) is 18.3 Å². The third-order valence-electron chi connectivity index (χ3n) is 9.42. The van der Waals surface area contributed by atoms with Gasteiger partial charge in [-0.15, -0.1) is 5.10 Å². The molecule has 5 rings (SSSR count). The molecule has 2 fully saturated rings. The van der Waals surface area contributed by atoms with E-state index in [2.05, 4.69) is 35.5 Å². The summed E-state index contributed by atoms with van der Waals surface area (Å²) in [6.07, 6.45) is 8.45. The number of benzene rings is 1. The fourth-order valence-electron chi connectivity index (χ4n) is 6.46. The highest BCUT2D eigenvalue weighted by Gasteiger charge is 2.35. The van der Waals surface area contributed by atoms with E-state index in [4.69, 9.17) is 0 Å². The zero-order valence-electron chi connectivity index (χ0n) is 27.7. The predicted molar refractivity (Wildman–Crippen MR) is 179 cm³/mol. The summed E-state index contributed by atoms with van der Waals surface area (Å²) in [7, 11) is 1.98. The van der Waals surface area contributed by atoms with Crippen molar-refractivity contribution in [2.45, 2.75) is 76.9 Å². The van der Waals surface area contributed by atoms with Gasteiger partial charge in [0.25, 0.3) is 11.8 Å². The monoisotopic (exact) mass is 681 g/mol.